The van der Waals surface area contributed by atoms with Crippen LogP contribution in [0.15, 0.2) is 18.2 Å². The van der Waals surface area contributed by atoms with Crippen molar-refractivity contribution in [2.75, 3.05) is 12.9 Å². The van der Waals surface area contributed by atoms with Crippen LogP contribution in [0.5, 0.6) is 0 Å². The van der Waals surface area contributed by atoms with Gasteiger partial charge in [-0.3, -0.25) is 8.86 Å². The highest BCUT2D eigenvalue weighted by molar-refractivity contribution is 14.1. The van der Waals surface area contributed by atoms with E-state index in [0.29, 0.717) is 6.42 Å². The smallest absolute Gasteiger partial charge is 0.264 e. The molecule has 2 rings (SSSR count). The third kappa shape index (κ3) is 3.21. The van der Waals surface area contributed by atoms with Gasteiger partial charge in [-0.25, -0.2) is 0 Å². The molecule has 0 aliphatic rings. The summed E-state index contributed by atoms with van der Waals surface area (Å²) in [5.74, 6) is 0. The number of benzene rings is 1. The van der Waals surface area contributed by atoms with Crippen LogP contribution in [0.1, 0.15) is 5.56 Å². The summed E-state index contributed by atoms with van der Waals surface area (Å²) >= 11 is 2.19. The lowest BCUT2D eigenvalue weighted by Gasteiger charge is -2.03. The van der Waals surface area contributed by atoms with E-state index in [2.05, 4.69) is 27.7 Å². The molecule has 0 spiro atoms. The molecule has 2 aromatic rings. The molecule has 0 amide bonds. The summed E-state index contributed by atoms with van der Waals surface area (Å²) in [6.45, 7) is 0.166. The van der Waals surface area contributed by atoms with Gasteiger partial charge in [0.1, 0.15) is 3.70 Å². The Morgan fingerprint density at radius 2 is 2.17 bits per heavy atom. The van der Waals surface area contributed by atoms with Crippen molar-refractivity contribution in [2.45, 2.75) is 6.42 Å². The molecule has 0 aliphatic heterocycles. The molecule has 1 aromatic heterocycles. The Hall–Kier alpha value is -0.670. The first-order chi connectivity index (χ1) is 8.37. The fourth-order valence-electron chi connectivity index (χ4n) is 1.73. The summed E-state index contributed by atoms with van der Waals surface area (Å²) in [6, 6.07) is 5.98. The average molecular weight is 380 g/mol. The molecule has 0 saturated heterocycles. The Morgan fingerprint density at radius 1 is 1.44 bits per heavy atom. The fraction of sp³-hybridized carbons (Fsp3) is 0.364. The molecule has 1 aromatic carbocycles. The number of hydrogen-bond donors (Lipinski definition) is 0. The molecular formula is C11H13IN2O3S. The molecule has 0 aliphatic carbocycles. The predicted octanol–water partition coefficient (Wildman–Crippen LogP) is 1.70. The first-order valence-corrected chi connectivity index (χ1v) is 8.22. The van der Waals surface area contributed by atoms with Crippen LogP contribution >= 0.6 is 22.6 Å². The minimum atomic E-state index is -3.36. The van der Waals surface area contributed by atoms with E-state index in [1.54, 1.807) is 0 Å². The van der Waals surface area contributed by atoms with Crippen LogP contribution in [0.3, 0.4) is 0 Å². The summed E-state index contributed by atoms with van der Waals surface area (Å²) in [6.07, 6.45) is 1.62. The summed E-state index contributed by atoms with van der Waals surface area (Å²) < 4.78 is 29.2. The van der Waals surface area contributed by atoms with Crippen molar-refractivity contribution in [3.8, 4) is 0 Å². The highest BCUT2D eigenvalue weighted by Gasteiger charge is 2.07. The Bertz CT molecular complexity index is 679. The molecule has 0 unspecified atom stereocenters. The minimum absolute atomic E-state index is 0.166. The van der Waals surface area contributed by atoms with Crippen molar-refractivity contribution < 1.29 is 12.6 Å². The Kier molecular flexibility index (Phi) is 3.93. The normalized spacial score (nSPS) is 12.2. The zero-order chi connectivity index (χ0) is 13.3. The molecule has 0 saturated carbocycles. The molecule has 7 heteroatoms. The van der Waals surface area contributed by atoms with Crippen molar-refractivity contribution in [2.24, 2.45) is 7.05 Å². The minimum Gasteiger partial charge on any atom is -0.270 e. The van der Waals surface area contributed by atoms with E-state index in [1.165, 1.54) is 0 Å². The first-order valence-electron chi connectivity index (χ1n) is 5.32. The second kappa shape index (κ2) is 5.14. The quantitative estimate of drug-likeness (QED) is 0.599. The largest absolute Gasteiger partial charge is 0.270 e. The van der Waals surface area contributed by atoms with Crippen molar-refractivity contribution in [1.82, 2.24) is 9.78 Å². The molecule has 98 valence electrons. The van der Waals surface area contributed by atoms with Crippen molar-refractivity contribution in [1.29, 1.82) is 0 Å². The van der Waals surface area contributed by atoms with Crippen LogP contribution in [0.25, 0.3) is 10.9 Å². The number of hydrogen-bond acceptors (Lipinski definition) is 4. The zero-order valence-corrected chi connectivity index (χ0v) is 13.0. The molecule has 18 heavy (non-hydrogen) atoms. The van der Waals surface area contributed by atoms with Crippen LogP contribution in [0.4, 0.5) is 0 Å². The van der Waals surface area contributed by atoms with Gasteiger partial charge in [0.15, 0.2) is 0 Å². The van der Waals surface area contributed by atoms with Gasteiger partial charge in [0.25, 0.3) is 10.1 Å². The fourth-order valence-corrected chi connectivity index (χ4v) is 2.89. The number of aromatic nitrogens is 2. The standard InChI is InChI=1S/C11H13IN2O3S/c1-14-10-7-8(5-6-17-18(2,15)16)3-4-9(10)11(12)13-14/h3-4,7H,5-6H2,1-2H3. The predicted molar refractivity (Wildman–Crippen MR) is 77.9 cm³/mol. The van der Waals surface area contributed by atoms with E-state index in [0.717, 1.165) is 26.4 Å². The third-order valence-electron chi connectivity index (χ3n) is 2.56. The third-order valence-corrected chi connectivity index (χ3v) is 3.95. The Morgan fingerprint density at radius 3 is 2.83 bits per heavy atom. The van der Waals surface area contributed by atoms with Gasteiger partial charge in [-0.15, -0.1) is 0 Å². The first kappa shape index (κ1) is 13.8. The highest BCUT2D eigenvalue weighted by atomic mass is 127. The molecule has 0 atom stereocenters. The number of aryl methyl sites for hydroxylation is 1. The van der Waals surface area contributed by atoms with E-state index >= 15 is 0 Å². The topological polar surface area (TPSA) is 61.2 Å². The van der Waals surface area contributed by atoms with E-state index in [9.17, 15) is 8.42 Å². The van der Waals surface area contributed by atoms with Gasteiger partial charge in [0.2, 0.25) is 0 Å². The summed E-state index contributed by atoms with van der Waals surface area (Å²) in [4.78, 5) is 0. The van der Waals surface area contributed by atoms with Crippen LogP contribution in [-0.4, -0.2) is 31.1 Å². The number of rotatable bonds is 4. The lowest BCUT2D eigenvalue weighted by atomic mass is 10.1. The van der Waals surface area contributed by atoms with E-state index in [4.69, 9.17) is 4.18 Å². The summed E-state index contributed by atoms with van der Waals surface area (Å²) in [5.41, 5.74) is 2.07. The molecule has 0 bridgehead atoms. The molecule has 1 heterocycles. The number of halogens is 1. The zero-order valence-electron chi connectivity index (χ0n) is 10.1. The molecule has 0 radical (unpaired) electrons. The SMILES string of the molecule is Cn1nc(I)c2ccc(CCOS(C)(=O)=O)cc21. The van der Waals surface area contributed by atoms with Crippen molar-refractivity contribution in [3.63, 3.8) is 0 Å². The molecule has 5 nitrogen and oxygen atoms in total. The van der Waals surface area contributed by atoms with Gasteiger partial charge in [-0.1, -0.05) is 6.07 Å². The second-order valence-electron chi connectivity index (χ2n) is 4.04. The van der Waals surface area contributed by atoms with E-state index in [-0.39, 0.29) is 6.61 Å². The lowest BCUT2D eigenvalue weighted by molar-refractivity contribution is 0.326. The van der Waals surface area contributed by atoms with Crippen molar-refractivity contribution >= 4 is 43.6 Å². The van der Waals surface area contributed by atoms with Gasteiger partial charge < -0.3 is 0 Å². The van der Waals surface area contributed by atoms with Gasteiger partial charge in [-0.2, -0.15) is 13.5 Å². The maximum Gasteiger partial charge on any atom is 0.264 e. The number of nitrogens with zero attached hydrogens (tertiary/aromatic N) is 2. The van der Waals surface area contributed by atoms with E-state index < -0.39 is 10.1 Å². The van der Waals surface area contributed by atoms with Crippen LogP contribution in [0.2, 0.25) is 0 Å². The van der Waals surface area contributed by atoms with Crippen LogP contribution in [-0.2, 0) is 27.8 Å². The maximum atomic E-state index is 10.9. The molecular weight excluding hydrogens is 367 g/mol. The summed E-state index contributed by atoms with van der Waals surface area (Å²) in [7, 11) is -1.47. The van der Waals surface area contributed by atoms with E-state index in [1.807, 2.05) is 29.9 Å². The summed E-state index contributed by atoms with van der Waals surface area (Å²) in [5, 5.41) is 5.43. The second-order valence-corrected chi connectivity index (χ2v) is 6.71. The monoisotopic (exact) mass is 380 g/mol. The Labute approximate surface area is 119 Å². The van der Waals surface area contributed by atoms with Gasteiger partial charge in [0.05, 0.1) is 18.4 Å². The number of fused-ring (bicyclic) bond motifs is 1. The van der Waals surface area contributed by atoms with Gasteiger partial charge in [-0.05, 0) is 46.7 Å². The average Bonchev–Trinajstić information content (AvgIpc) is 2.53. The molecule has 0 fully saturated rings. The highest BCUT2D eigenvalue weighted by Crippen LogP contribution is 2.21. The lowest BCUT2D eigenvalue weighted by Crippen LogP contribution is -2.06. The van der Waals surface area contributed by atoms with Crippen LogP contribution < -0.4 is 0 Å². The van der Waals surface area contributed by atoms with Gasteiger partial charge in [0, 0.05) is 12.4 Å². The van der Waals surface area contributed by atoms with Crippen LogP contribution in [0, 0.1) is 3.70 Å². The maximum absolute atomic E-state index is 10.9. The molecule has 0 N–H and O–H groups in total. The van der Waals surface area contributed by atoms with Crippen molar-refractivity contribution in [3.05, 3.63) is 27.5 Å². The Balaban J connectivity index is 2.18. The van der Waals surface area contributed by atoms with Gasteiger partial charge >= 0.3 is 0 Å².